The van der Waals surface area contributed by atoms with Crippen molar-refractivity contribution in [3.8, 4) is 0 Å². The summed E-state index contributed by atoms with van der Waals surface area (Å²) >= 11 is 1.99. The second kappa shape index (κ2) is 4.87. The van der Waals surface area contributed by atoms with Gasteiger partial charge in [0.2, 0.25) is 0 Å². The fourth-order valence-corrected chi connectivity index (χ4v) is 2.90. The number of hydrogen-bond acceptors (Lipinski definition) is 4. The highest BCUT2D eigenvalue weighted by molar-refractivity contribution is 7.99. The summed E-state index contributed by atoms with van der Waals surface area (Å²) in [6.45, 7) is 1.03. The van der Waals surface area contributed by atoms with Crippen LogP contribution in [-0.2, 0) is 19.4 Å². The van der Waals surface area contributed by atoms with E-state index >= 15 is 0 Å². The standard InChI is InChI=1S/C12H14N4S/c1-2-10(9-13-4-1)8-12-15-14-11-3-6-17-7-5-16(11)12/h1-2,4,9H,3,5-8H2. The molecule has 0 aliphatic carbocycles. The summed E-state index contributed by atoms with van der Waals surface area (Å²) in [5.74, 6) is 4.51. The van der Waals surface area contributed by atoms with Crippen LogP contribution >= 0.6 is 11.8 Å². The fraction of sp³-hybridized carbons (Fsp3) is 0.417. The van der Waals surface area contributed by atoms with Gasteiger partial charge in [0.15, 0.2) is 0 Å². The molecule has 2 aromatic heterocycles. The van der Waals surface area contributed by atoms with Gasteiger partial charge in [0.05, 0.1) is 0 Å². The lowest BCUT2D eigenvalue weighted by molar-refractivity contribution is 0.689. The molecule has 0 saturated carbocycles. The van der Waals surface area contributed by atoms with E-state index in [-0.39, 0.29) is 0 Å². The second-order valence-corrected chi connectivity index (χ2v) is 5.31. The molecule has 0 saturated heterocycles. The van der Waals surface area contributed by atoms with Crippen LogP contribution < -0.4 is 0 Å². The van der Waals surface area contributed by atoms with Gasteiger partial charge in [0, 0.05) is 43.3 Å². The van der Waals surface area contributed by atoms with Crippen molar-refractivity contribution in [3.05, 3.63) is 41.7 Å². The summed E-state index contributed by atoms with van der Waals surface area (Å²) < 4.78 is 2.27. The number of aryl methyl sites for hydroxylation is 1. The molecule has 0 unspecified atom stereocenters. The largest absolute Gasteiger partial charge is 0.314 e. The van der Waals surface area contributed by atoms with Gasteiger partial charge in [-0.25, -0.2) is 0 Å². The van der Waals surface area contributed by atoms with E-state index in [2.05, 4.69) is 25.8 Å². The third kappa shape index (κ3) is 2.34. The molecule has 3 heterocycles. The zero-order chi connectivity index (χ0) is 11.5. The molecular formula is C12H14N4S. The Morgan fingerprint density at radius 3 is 3.18 bits per heavy atom. The van der Waals surface area contributed by atoms with Gasteiger partial charge in [0.25, 0.3) is 0 Å². The molecule has 3 rings (SSSR count). The lowest BCUT2D eigenvalue weighted by Gasteiger charge is -2.06. The molecule has 0 fully saturated rings. The Morgan fingerprint density at radius 2 is 2.29 bits per heavy atom. The van der Waals surface area contributed by atoms with E-state index in [1.54, 1.807) is 6.20 Å². The van der Waals surface area contributed by atoms with Gasteiger partial charge < -0.3 is 4.57 Å². The average Bonchev–Trinajstić information content (AvgIpc) is 2.61. The monoisotopic (exact) mass is 246 g/mol. The normalized spacial score (nSPS) is 15.3. The van der Waals surface area contributed by atoms with E-state index in [9.17, 15) is 0 Å². The van der Waals surface area contributed by atoms with Crippen molar-refractivity contribution >= 4 is 11.8 Å². The van der Waals surface area contributed by atoms with Crippen molar-refractivity contribution in [1.82, 2.24) is 19.7 Å². The molecule has 0 bridgehead atoms. The van der Waals surface area contributed by atoms with Gasteiger partial charge in [-0.15, -0.1) is 10.2 Å². The minimum absolute atomic E-state index is 0.825. The number of fused-ring (bicyclic) bond motifs is 1. The molecule has 0 amide bonds. The summed E-state index contributed by atoms with van der Waals surface area (Å²) in [7, 11) is 0. The number of rotatable bonds is 2. The van der Waals surface area contributed by atoms with Gasteiger partial charge in [-0.05, 0) is 11.6 Å². The molecule has 0 spiro atoms. The van der Waals surface area contributed by atoms with Crippen LogP contribution in [0.2, 0.25) is 0 Å². The number of thioether (sulfide) groups is 1. The Bertz CT molecular complexity index is 494. The maximum absolute atomic E-state index is 4.31. The average molecular weight is 246 g/mol. The quantitative estimate of drug-likeness (QED) is 0.806. The molecule has 2 aromatic rings. The first-order chi connectivity index (χ1) is 8.43. The van der Waals surface area contributed by atoms with E-state index in [1.165, 1.54) is 5.56 Å². The van der Waals surface area contributed by atoms with Crippen molar-refractivity contribution in [2.24, 2.45) is 0 Å². The third-order valence-electron chi connectivity index (χ3n) is 2.92. The van der Waals surface area contributed by atoms with Crippen LogP contribution in [0.15, 0.2) is 24.5 Å². The van der Waals surface area contributed by atoms with E-state index < -0.39 is 0 Å². The molecule has 5 heteroatoms. The smallest absolute Gasteiger partial charge is 0.137 e. The highest BCUT2D eigenvalue weighted by Crippen LogP contribution is 2.16. The maximum atomic E-state index is 4.31. The van der Waals surface area contributed by atoms with E-state index in [1.807, 2.05) is 24.0 Å². The number of hydrogen-bond donors (Lipinski definition) is 0. The van der Waals surface area contributed by atoms with Crippen LogP contribution in [0.4, 0.5) is 0 Å². The third-order valence-corrected chi connectivity index (χ3v) is 3.88. The Hall–Kier alpha value is -1.36. The minimum Gasteiger partial charge on any atom is -0.314 e. The first kappa shape index (κ1) is 10.8. The summed E-state index contributed by atoms with van der Waals surface area (Å²) in [6.07, 6.45) is 5.55. The number of aromatic nitrogens is 4. The summed E-state index contributed by atoms with van der Waals surface area (Å²) in [5.41, 5.74) is 1.19. The second-order valence-electron chi connectivity index (χ2n) is 4.08. The topological polar surface area (TPSA) is 43.6 Å². The van der Waals surface area contributed by atoms with Gasteiger partial charge in [-0.2, -0.15) is 11.8 Å². The van der Waals surface area contributed by atoms with Crippen molar-refractivity contribution in [2.75, 3.05) is 11.5 Å². The molecular weight excluding hydrogens is 232 g/mol. The van der Waals surface area contributed by atoms with Crippen LogP contribution in [-0.4, -0.2) is 31.3 Å². The molecule has 17 heavy (non-hydrogen) atoms. The Labute approximate surface area is 104 Å². The molecule has 1 aliphatic heterocycles. The highest BCUT2D eigenvalue weighted by atomic mass is 32.2. The molecule has 1 aliphatic rings. The van der Waals surface area contributed by atoms with Crippen LogP contribution in [0.3, 0.4) is 0 Å². The van der Waals surface area contributed by atoms with E-state index in [4.69, 9.17) is 0 Å². The zero-order valence-electron chi connectivity index (χ0n) is 9.54. The molecule has 0 aromatic carbocycles. The first-order valence-electron chi connectivity index (χ1n) is 5.81. The fourth-order valence-electron chi connectivity index (χ4n) is 2.05. The van der Waals surface area contributed by atoms with Crippen molar-refractivity contribution in [2.45, 2.75) is 19.4 Å². The van der Waals surface area contributed by atoms with Crippen LogP contribution in [0.5, 0.6) is 0 Å². The predicted octanol–water partition coefficient (Wildman–Crippen LogP) is 1.55. The van der Waals surface area contributed by atoms with Crippen LogP contribution in [0, 0.1) is 0 Å². The Morgan fingerprint density at radius 1 is 1.29 bits per heavy atom. The van der Waals surface area contributed by atoms with Crippen molar-refractivity contribution in [1.29, 1.82) is 0 Å². The lowest BCUT2D eigenvalue weighted by atomic mass is 10.2. The van der Waals surface area contributed by atoms with Crippen molar-refractivity contribution < 1.29 is 0 Å². The molecule has 0 atom stereocenters. The van der Waals surface area contributed by atoms with E-state index in [0.717, 1.165) is 42.5 Å². The Balaban J connectivity index is 1.86. The summed E-state index contributed by atoms with van der Waals surface area (Å²) in [5, 5.41) is 8.60. The van der Waals surface area contributed by atoms with Gasteiger partial charge in [-0.1, -0.05) is 6.07 Å². The minimum atomic E-state index is 0.825. The number of pyridine rings is 1. The summed E-state index contributed by atoms with van der Waals surface area (Å²) in [6, 6.07) is 4.05. The number of nitrogens with zero attached hydrogens (tertiary/aromatic N) is 4. The van der Waals surface area contributed by atoms with Gasteiger partial charge in [0.1, 0.15) is 11.6 Å². The van der Waals surface area contributed by atoms with Crippen LogP contribution in [0.1, 0.15) is 17.2 Å². The first-order valence-corrected chi connectivity index (χ1v) is 6.96. The van der Waals surface area contributed by atoms with Gasteiger partial charge >= 0.3 is 0 Å². The molecule has 88 valence electrons. The van der Waals surface area contributed by atoms with E-state index in [0.29, 0.717) is 0 Å². The highest BCUT2D eigenvalue weighted by Gasteiger charge is 2.14. The molecule has 4 nitrogen and oxygen atoms in total. The molecule has 0 radical (unpaired) electrons. The lowest BCUT2D eigenvalue weighted by Crippen LogP contribution is -2.08. The predicted molar refractivity (Wildman–Crippen MR) is 68.1 cm³/mol. The Kier molecular flexibility index (Phi) is 3.09. The van der Waals surface area contributed by atoms with Gasteiger partial charge in [-0.3, -0.25) is 4.98 Å². The summed E-state index contributed by atoms with van der Waals surface area (Å²) in [4.78, 5) is 4.13. The molecule has 0 N–H and O–H groups in total. The maximum Gasteiger partial charge on any atom is 0.137 e. The van der Waals surface area contributed by atoms with Crippen LogP contribution in [0.25, 0.3) is 0 Å². The van der Waals surface area contributed by atoms with Crippen molar-refractivity contribution in [3.63, 3.8) is 0 Å². The zero-order valence-corrected chi connectivity index (χ0v) is 10.4. The SMILES string of the molecule is c1cncc(Cc2nnc3n2CCSCC3)c1.